The lowest BCUT2D eigenvalue weighted by atomic mass is 10.2. The molecule has 1 aliphatic heterocycles. The molecule has 0 atom stereocenters. The fourth-order valence-electron chi connectivity index (χ4n) is 2.79. The lowest BCUT2D eigenvalue weighted by molar-refractivity contribution is -0.127. The quantitative estimate of drug-likeness (QED) is 0.549. The summed E-state index contributed by atoms with van der Waals surface area (Å²) >= 11 is 1.42. The molecule has 0 spiro atoms. The minimum Gasteiger partial charge on any atom is -0.451 e. The van der Waals surface area contributed by atoms with Gasteiger partial charge in [-0.25, -0.2) is 9.97 Å². The summed E-state index contributed by atoms with van der Waals surface area (Å²) in [4.78, 5) is 22.7. The maximum Gasteiger partial charge on any atom is 0.232 e. The van der Waals surface area contributed by atoms with Gasteiger partial charge < -0.3 is 9.32 Å². The molecule has 1 saturated heterocycles. The third-order valence-corrected chi connectivity index (χ3v) is 4.87. The van der Waals surface area contributed by atoms with E-state index in [1.807, 2.05) is 29.2 Å². The third-order valence-electron chi connectivity index (χ3n) is 3.92. The van der Waals surface area contributed by atoms with Crippen molar-refractivity contribution in [3.63, 3.8) is 0 Å². The fraction of sp³-hybridized carbons (Fsp3) is 0.312. The number of rotatable bonds is 3. The van der Waals surface area contributed by atoms with Crippen LogP contribution in [-0.2, 0) is 4.79 Å². The van der Waals surface area contributed by atoms with Crippen LogP contribution in [0.3, 0.4) is 0 Å². The minimum atomic E-state index is 0.172. The highest BCUT2D eigenvalue weighted by Gasteiger charge is 2.19. The Labute approximate surface area is 131 Å². The second-order valence-electron chi connectivity index (χ2n) is 5.33. The Balaban J connectivity index is 1.62. The van der Waals surface area contributed by atoms with Gasteiger partial charge in [-0.05, 0) is 25.0 Å². The largest absolute Gasteiger partial charge is 0.451 e. The molecule has 0 unspecified atom stereocenters. The predicted molar refractivity (Wildman–Crippen MR) is 85.8 cm³/mol. The zero-order valence-corrected chi connectivity index (χ0v) is 12.8. The van der Waals surface area contributed by atoms with E-state index in [-0.39, 0.29) is 5.91 Å². The molecular weight excluding hydrogens is 298 g/mol. The number of hydrogen-bond donors (Lipinski definition) is 0. The molecule has 4 rings (SSSR count). The molecule has 1 aromatic carbocycles. The van der Waals surface area contributed by atoms with E-state index in [4.69, 9.17) is 4.42 Å². The first kappa shape index (κ1) is 13.6. The number of amides is 1. The van der Waals surface area contributed by atoms with Gasteiger partial charge in [-0.3, -0.25) is 4.79 Å². The number of likely N-dealkylation sites (tertiary alicyclic amines) is 1. The van der Waals surface area contributed by atoms with Crippen LogP contribution in [0.2, 0.25) is 0 Å². The second kappa shape index (κ2) is 5.61. The fourth-order valence-corrected chi connectivity index (χ4v) is 3.63. The van der Waals surface area contributed by atoms with Crippen molar-refractivity contribution < 1.29 is 9.21 Å². The van der Waals surface area contributed by atoms with Gasteiger partial charge >= 0.3 is 0 Å². The number of fused-ring (bicyclic) bond motifs is 3. The Morgan fingerprint density at radius 1 is 1.23 bits per heavy atom. The second-order valence-corrected chi connectivity index (χ2v) is 6.30. The lowest BCUT2D eigenvalue weighted by Crippen LogP contribution is -2.29. The van der Waals surface area contributed by atoms with Gasteiger partial charge in [0.1, 0.15) is 22.5 Å². The Morgan fingerprint density at radius 3 is 2.91 bits per heavy atom. The van der Waals surface area contributed by atoms with Crippen molar-refractivity contribution in [1.82, 2.24) is 14.9 Å². The number of aromatic nitrogens is 2. The molecule has 112 valence electrons. The molecule has 1 aliphatic rings. The number of nitrogens with zero attached hydrogens (tertiary/aromatic N) is 3. The Morgan fingerprint density at radius 2 is 2.05 bits per heavy atom. The predicted octanol–water partition coefficient (Wildman–Crippen LogP) is 3.09. The van der Waals surface area contributed by atoms with Crippen molar-refractivity contribution in [2.24, 2.45) is 0 Å². The first-order chi connectivity index (χ1) is 10.8. The highest BCUT2D eigenvalue weighted by atomic mass is 32.2. The summed E-state index contributed by atoms with van der Waals surface area (Å²) in [5.74, 6) is 0.564. The van der Waals surface area contributed by atoms with Crippen molar-refractivity contribution in [2.75, 3.05) is 18.8 Å². The van der Waals surface area contributed by atoms with E-state index in [0.717, 1.165) is 47.4 Å². The summed E-state index contributed by atoms with van der Waals surface area (Å²) in [5.41, 5.74) is 2.27. The smallest absolute Gasteiger partial charge is 0.232 e. The van der Waals surface area contributed by atoms with Gasteiger partial charge in [-0.2, -0.15) is 0 Å². The number of benzene rings is 1. The highest BCUT2D eigenvalue weighted by Crippen LogP contribution is 2.32. The summed E-state index contributed by atoms with van der Waals surface area (Å²) in [6, 6.07) is 7.80. The minimum absolute atomic E-state index is 0.172. The van der Waals surface area contributed by atoms with E-state index in [2.05, 4.69) is 9.97 Å². The van der Waals surface area contributed by atoms with E-state index in [9.17, 15) is 4.79 Å². The van der Waals surface area contributed by atoms with Gasteiger partial charge in [0, 0.05) is 18.5 Å². The molecule has 1 amide bonds. The summed E-state index contributed by atoms with van der Waals surface area (Å²) in [7, 11) is 0. The molecule has 0 saturated carbocycles. The summed E-state index contributed by atoms with van der Waals surface area (Å²) in [5, 5.41) is 1.71. The molecule has 6 heteroatoms. The summed E-state index contributed by atoms with van der Waals surface area (Å²) in [6.45, 7) is 1.76. The van der Waals surface area contributed by atoms with Gasteiger partial charge in [-0.15, -0.1) is 0 Å². The van der Waals surface area contributed by atoms with Gasteiger partial charge in [0.2, 0.25) is 5.91 Å². The first-order valence-electron chi connectivity index (χ1n) is 7.36. The van der Waals surface area contributed by atoms with E-state index in [0.29, 0.717) is 11.3 Å². The maximum absolute atomic E-state index is 12.2. The molecule has 5 nitrogen and oxygen atoms in total. The van der Waals surface area contributed by atoms with Crippen molar-refractivity contribution in [2.45, 2.75) is 17.9 Å². The van der Waals surface area contributed by atoms with E-state index >= 15 is 0 Å². The number of hydrogen-bond acceptors (Lipinski definition) is 5. The summed E-state index contributed by atoms with van der Waals surface area (Å²) in [6.07, 6.45) is 3.75. The number of thioether (sulfide) groups is 1. The topological polar surface area (TPSA) is 59.2 Å². The molecule has 0 radical (unpaired) electrons. The Bertz CT molecular complexity index is 840. The Kier molecular flexibility index (Phi) is 3.46. The number of carbonyl (C=O) groups is 1. The van der Waals surface area contributed by atoms with Crippen LogP contribution in [0.15, 0.2) is 40.0 Å². The first-order valence-corrected chi connectivity index (χ1v) is 8.34. The molecule has 3 heterocycles. The van der Waals surface area contributed by atoms with Crippen molar-refractivity contribution in [3.05, 3.63) is 30.6 Å². The van der Waals surface area contributed by atoms with Gasteiger partial charge in [-0.1, -0.05) is 23.9 Å². The normalized spacial score (nSPS) is 15.0. The van der Waals surface area contributed by atoms with Crippen LogP contribution in [0.1, 0.15) is 12.8 Å². The molecule has 0 bridgehead atoms. The standard InChI is InChI=1S/C16H15N3O2S/c20-13(19-7-3-4-8-19)9-22-16-15-14(17-10-18-16)11-5-1-2-6-12(11)21-15/h1-2,5-6,10H,3-4,7-9H2. The monoisotopic (exact) mass is 313 g/mol. The van der Waals surface area contributed by atoms with Gasteiger partial charge in [0.05, 0.1) is 5.75 Å². The zero-order chi connectivity index (χ0) is 14.9. The van der Waals surface area contributed by atoms with Gasteiger partial charge in [0.25, 0.3) is 0 Å². The Hall–Kier alpha value is -2.08. The molecule has 3 aromatic rings. The van der Waals surface area contributed by atoms with Crippen LogP contribution in [0.5, 0.6) is 0 Å². The third kappa shape index (κ3) is 2.33. The number of para-hydroxylation sites is 1. The van der Waals surface area contributed by atoms with Crippen LogP contribution < -0.4 is 0 Å². The average molecular weight is 313 g/mol. The number of carbonyl (C=O) groups excluding carboxylic acids is 1. The van der Waals surface area contributed by atoms with E-state index in [1.54, 1.807) is 0 Å². The van der Waals surface area contributed by atoms with Crippen LogP contribution >= 0.6 is 11.8 Å². The summed E-state index contributed by atoms with van der Waals surface area (Å²) < 4.78 is 5.87. The zero-order valence-electron chi connectivity index (χ0n) is 12.0. The molecule has 22 heavy (non-hydrogen) atoms. The van der Waals surface area contributed by atoms with Gasteiger partial charge in [0.15, 0.2) is 5.58 Å². The van der Waals surface area contributed by atoms with Crippen molar-refractivity contribution in [1.29, 1.82) is 0 Å². The van der Waals surface area contributed by atoms with Crippen LogP contribution in [0.4, 0.5) is 0 Å². The molecular formula is C16H15N3O2S. The molecule has 1 fully saturated rings. The van der Waals surface area contributed by atoms with Crippen molar-refractivity contribution in [3.8, 4) is 0 Å². The maximum atomic E-state index is 12.2. The van der Waals surface area contributed by atoms with E-state index in [1.165, 1.54) is 18.1 Å². The molecule has 0 aliphatic carbocycles. The van der Waals surface area contributed by atoms with E-state index < -0.39 is 0 Å². The molecule has 2 aromatic heterocycles. The van der Waals surface area contributed by atoms with Crippen LogP contribution in [0.25, 0.3) is 22.1 Å². The van der Waals surface area contributed by atoms with Crippen molar-refractivity contribution >= 4 is 39.7 Å². The average Bonchev–Trinajstić information content (AvgIpc) is 3.20. The van der Waals surface area contributed by atoms with Crippen LogP contribution in [0, 0.1) is 0 Å². The lowest BCUT2D eigenvalue weighted by Gasteiger charge is -2.14. The van der Waals surface area contributed by atoms with Crippen LogP contribution in [-0.4, -0.2) is 39.6 Å². The highest BCUT2D eigenvalue weighted by molar-refractivity contribution is 8.00. The SMILES string of the molecule is O=C(CSc1ncnc2c1oc1ccccc12)N1CCCC1. The molecule has 0 N–H and O–H groups in total. The number of furan rings is 1.